The van der Waals surface area contributed by atoms with E-state index in [1.807, 2.05) is 6.92 Å². The van der Waals surface area contributed by atoms with Gasteiger partial charge in [0.1, 0.15) is 0 Å². The van der Waals surface area contributed by atoms with Crippen LogP contribution < -0.4 is 5.73 Å². The van der Waals surface area contributed by atoms with Crippen LogP contribution in [0.3, 0.4) is 0 Å². The van der Waals surface area contributed by atoms with Gasteiger partial charge in [0.25, 0.3) is 0 Å². The van der Waals surface area contributed by atoms with Gasteiger partial charge in [-0.15, -0.1) is 0 Å². The molecule has 3 atom stereocenters. The number of ether oxygens (including phenoxy) is 1. The van der Waals surface area contributed by atoms with Gasteiger partial charge in [-0.05, 0) is 26.2 Å². The number of aliphatic hydroxyl groups excluding tert-OH is 1. The molecule has 0 aromatic heterocycles. The summed E-state index contributed by atoms with van der Waals surface area (Å²) in [5, 5.41) is 9.52. The Balaban J connectivity index is 2.38. The molecule has 0 aromatic carbocycles. The van der Waals surface area contributed by atoms with Crippen molar-refractivity contribution >= 4 is 0 Å². The number of hydrogen-bond acceptors (Lipinski definition) is 3. The fourth-order valence-corrected chi connectivity index (χ4v) is 1.57. The predicted octanol–water partition coefficient (Wildman–Crippen LogP) is 0.264. The maximum Gasteiger partial charge on any atom is 0.0952 e. The van der Waals surface area contributed by atoms with Crippen molar-refractivity contribution in [3.05, 3.63) is 0 Å². The van der Waals surface area contributed by atoms with Crippen LogP contribution in [0.2, 0.25) is 0 Å². The quantitative estimate of drug-likeness (QED) is 0.608. The number of hydrogen-bond donors (Lipinski definition) is 2. The van der Waals surface area contributed by atoms with Gasteiger partial charge < -0.3 is 15.6 Å². The van der Waals surface area contributed by atoms with Crippen LogP contribution in [0.5, 0.6) is 0 Å². The summed E-state index contributed by atoms with van der Waals surface area (Å²) in [7, 11) is 0. The lowest BCUT2D eigenvalue weighted by Gasteiger charge is -2.32. The smallest absolute Gasteiger partial charge is 0.0952 e. The number of aliphatic hydroxyl groups is 1. The Bertz CT molecular complexity index is 117. The zero-order chi connectivity index (χ0) is 8.27. The number of nitrogens with two attached hydrogens (primary N) is 1. The maximum absolute atomic E-state index is 9.52. The molecular weight excluding hydrogens is 142 g/mol. The van der Waals surface area contributed by atoms with E-state index in [-0.39, 0.29) is 12.1 Å². The van der Waals surface area contributed by atoms with E-state index < -0.39 is 6.10 Å². The van der Waals surface area contributed by atoms with Gasteiger partial charge in [0.05, 0.1) is 12.2 Å². The van der Waals surface area contributed by atoms with Gasteiger partial charge in [0.15, 0.2) is 0 Å². The van der Waals surface area contributed by atoms with Crippen molar-refractivity contribution in [3.63, 3.8) is 0 Å². The third-order valence-corrected chi connectivity index (χ3v) is 2.23. The van der Waals surface area contributed by atoms with E-state index >= 15 is 0 Å². The summed E-state index contributed by atoms with van der Waals surface area (Å²) in [6, 6.07) is -0.0831. The molecule has 1 aliphatic rings. The predicted molar refractivity (Wildman–Crippen MR) is 43.2 cm³/mol. The van der Waals surface area contributed by atoms with Crippen molar-refractivity contribution < 1.29 is 9.84 Å². The highest BCUT2D eigenvalue weighted by Gasteiger charge is 2.29. The monoisotopic (exact) mass is 159 g/mol. The molecule has 0 spiro atoms. The molecular formula is C8H17NO2. The van der Waals surface area contributed by atoms with Crippen LogP contribution in [0.15, 0.2) is 0 Å². The molecule has 3 unspecified atom stereocenters. The summed E-state index contributed by atoms with van der Waals surface area (Å²) in [5.74, 6) is 0. The first-order valence-corrected chi connectivity index (χ1v) is 4.31. The molecule has 0 radical (unpaired) electrons. The molecule has 3 N–H and O–H groups in total. The van der Waals surface area contributed by atoms with Crippen molar-refractivity contribution in [3.8, 4) is 0 Å². The molecule has 1 fully saturated rings. The Labute approximate surface area is 67.5 Å². The third kappa shape index (κ3) is 2.15. The second kappa shape index (κ2) is 4.04. The van der Waals surface area contributed by atoms with Crippen LogP contribution in [0.4, 0.5) is 0 Å². The largest absolute Gasteiger partial charge is 0.389 e. The van der Waals surface area contributed by atoms with E-state index in [0.717, 1.165) is 19.3 Å². The first-order valence-electron chi connectivity index (χ1n) is 4.31. The zero-order valence-electron chi connectivity index (χ0n) is 6.99. The second-order valence-corrected chi connectivity index (χ2v) is 3.08. The summed E-state index contributed by atoms with van der Waals surface area (Å²) in [6.07, 6.45) is 2.46. The maximum atomic E-state index is 9.52. The molecule has 0 amide bonds. The van der Waals surface area contributed by atoms with Crippen LogP contribution in [-0.2, 0) is 4.74 Å². The van der Waals surface area contributed by atoms with E-state index in [4.69, 9.17) is 10.5 Å². The molecule has 0 aromatic rings. The fourth-order valence-electron chi connectivity index (χ4n) is 1.57. The van der Waals surface area contributed by atoms with Crippen LogP contribution in [0.1, 0.15) is 26.2 Å². The van der Waals surface area contributed by atoms with E-state index in [1.54, 1.807) is 0 Å². The zero-order valence-corrected chi connectivity index (χ0v) is 6.99. The standard InChI is InChI=1S/C8H17NO2/c1-2-11-7-5-3-4-6(9)8(7)10/h6-8,10H,2-5,9H2,1H3. The van der Waals surface area contributed by atoms with Crippen LogP contribution in [-0.4, -0.2) is 30.0 Å². The molecule has 3 nitrogen and oxygen atoms in total. The van der Waals surface area contributed by atoms with E-state index in [1.165, 1.54) is 0 Å². The van der Waals surface area contributed by atoms with Gasteiger partial charge in [0.2, 0.25) is 0 Å². The van der Waals surface area contributed by atoms with Gasteiger partial charge in [-0.25, -0.2) is 0 Å². The Morgan fingerprint density at radius 2 is 2.27 bits per heavy atom. The third-order valence-electron chi connectivity index (χ3n) is 2.23. The lowest BCUT2D eigenvalue weighted by molar-refractivity contribution is -0.0627. The van der Waals surface area contributed by atoms with Crippen LogP contribution in [0.25, 0.3) is 0 Å². The molecule has 0 aliphatic heterocycles. The first kappa shape index (κ1) is 8.97. The molecule has 3 heteroatoms. The summed E-state index contributed by atoms with van der Waals surface area (Å²) in [4.78, 5) is 0. The van der Waals surface area contributed by atoms with Crippen molar-refractivity contribution in [1.29, 1.82) is 0 Å². The van der Waals surface area contributed by atoms with Crippen LogP contribution >= 0.6 is 0 Å². The van der Waals surface area contributed by atoms with Crippen molar-refractivity contribution in [1.82, 2.24) is 0 Å². The lowest BCUT2D eigenvalue weighted by atomic mass is 9.91. The second-order valence-electron chi connectivity index (χ2n) is 3.08. The average molecular weight is 159 g/mol. The summed E-state index contributed by atoms with van der Waals surface area (Å²) < 4.78 is 5.34. The first-order chi connectivity index (χ1) is 5.25. The minimum atomic E-state index is -0.455. The molecule has 11 heavy (non-hydrogen) atoms. The summed E-state index contributed by atoms with van der Waals surface area (Å²) in [5.41, 5.74) is 5.67. The number of rotatable bonds is 2. The molecule has 1 rings (SSSR count). The van der Waals surface area contributed by atoms with Gasteiger partial charge in [-0.2, -0.15) is 0 Å². The highest BCUT2D eigenvalue weighted by molar-refractivity contribution is 4.84. The lowest BCUT2D eigenvalue weighted by Crippen LogP contribution is -2.47. The normalized spacial score (nSPS) is 39.0. The highest BCUT2D eigenvalue weighted by Crippen LogP contribution is 2.20. The fraction of sp³-hybridized carbons (Fsp3) is 1.00. The topological polar surface area (TPSA) is 55.5 Å². The van der Waals surface area contributed by atoms with Gasteiger partial charge in [0, 0.05) is 12.6 Å². The molecule has 66 valence electrons. The summed E-state index contributed by atoms with van der Waals surface area (Å²) in [6.45, 7) is 2.60. The van der Waals surface area contributed by atoms with Crippen molar-refractivity contribution in [2.45, 2.75) is 44.4 Å². The van der Waals surface area contributed by atoms with Gasteiger partial charge >= 0.3 is 0 Å². The molecule has 1 aliphatic carbocycles. The Hall–Kier alpha value is -0.120. The van der Waals surface area contributed by atoms with Crippen molar-refractivity contribution in [2.75, 3.05) is 6.61 Å². The van der Waals surface area contributed by atoms with E-state index in [0.29, 0.717) is 6.61 Å². The SMILES string of the molecule is CCOC1CCCC(N)C1O. The van der Waals surface area contributed by atoms with Gasteiger partial charge in [-0.3, -0.25) is 0 Å². The van der Waals surface area contributed by atoms with E-state index in [9.17, 15) is 5.11 Å². The van der Waals surface area contributed by atoms with Gasteiger partial charge in [-0.1, -0.05) is 0 Å². The highest BCUT2D eigenvalue weighted by atomic mass is 16.5. The van der Waals surface area contributed by atoms with Crippen LogP contribution in [0, 0.1) is 0 Å². The molecule has 1 saturated carbocycles. The minimum Gasteiger partial charge on any atom is -0.389 e. The minimum absolute atomic E-state index is 0.0243. The average Bonchev–Trinajstić information content (AvgIpc) is 1.99. The Morgan fingerprint density at radius 1 is 1.55 bits per heavy atom. The summed E-state index contributed by atoms with van der Waals surface area (Å²) >= 11 is 0. The molecule has 0 saturated heterocycles. The van der Waals surface area contributed by atoms with Crippen molar-refractivity contribution in [2.24, 2.45) is 5.73 Å². The molecule has 0 bridgehead atoms. The Morgan fingerprint density at radius 3 is 2.91 bits per heavy atom. The molecule has 0 heterocycles. The van der Waals surface area contributed by atoms with E-state index in [2.05, 4.69) is 0 Å². The Kier molecular flexibility index (Phi) is 3.30.